The van der Waals surface area contributed by atoms with Crippen molar-refractivity contribution < 1.29 is 19.0 Å². The quantitative estimate of drug-likeness (QED) is 0.170. The molecule has 0 N–H and O–H groups in total. The molecule has 0 aliphatic carbocycles. The van der Waals surface area contributed by atoms with Gasteiger partial charge >= 0.3 is 5.97 Å². The molecule has 0 fully saturated rings. The maximum atomic E-state index is 12.3. The van der Waals surface area contributed by atoms with E-state index in [0.717, 1.165) is 30.0 Å². The fourth-order valence-electron chi connectivity index (χ4n) is 2.78. The minimum atomic E-state index is -0.386. The van der Waals surface area contributed by atoms with Gasteiger partial charge in [0.05, 0.1) is 19.8 Å². The van der Waals surface area contributed by atoms with Crippen molar-refractivity contribution in [3.05, 3.63) is 78.9 Å². The third-order valence-electron chi connectivity index (χ3n) is 4.23. The molecule has 3 aromatic carbocycles. The standard InChI is InChI=1S/C23H20I2O4/c1-14(2)18-11-16(9-10-21(18)27-3)28-22-19(24)12-17(13-20(22)25)29-23(26)15-7-5-4-6-8-15/h4-14H,1-3H3. The zero-order valence-electron chi connectivity index (χ0n) is 16.2. The summed E-state index contributed by atoms with van der Waals surface area (Å²) in [4.78, 5) is 12.3. The number of esters is 1. The lowest BCUT2D eigenvalue weighted by molar-refractivity contribution is 0.0734. The lowest BCUT2D eigenvalue weighted by Gasteiger charge is -2.16. The molecule has 0 aromatic heterocycles. The van der Waals surface area contributed by atoms with Gasteiger partial charge in [0.15, 0.2) is 5.75 Å². The second kappa shape index (κ2) is 9.80. The van der Waals surface area contributed by atoms with Crippen LogP contribution in [0.4, 0.5) is 0 Å². The summed E-state index contributed by atoms with van der Waals surface area (Å²) >= 11 is 4.38. The number of carbonyl (C=O) groups excluding carboxylic acids is 1. The van der Waals surface area contributed by atoms with Crippen LogP contribution in [0.15, 0.2) is 60.7 Å². The third-order valence-corrected chi connectivity index (χ3v) is 5.84. The molecule has 3 rings (SSSR count). The Morgan fingerprint density at radius 1 is 0.897 bits per heavy atom. The molecule has 4 nitrogen and oxygen atoms in total. The Kier molecular flexibility index (Phi) is 7.39. The number of rotatable bonds is 6. The summed E-state index contributed by atoms with van der Waals surface area (Å²) in [6, 6.07) is 18.3. The number of halogens is 2. The molecular formula is C23H20I2O4. The first-order valence-corrected chi connectivity index (χ1v) is 11.2. The van der Waals surface area contributed by atoms with Gasteiger partial charge in [-0.1, -0.05) is 32.0 Å². The van der Waals surface area contributed by atoms with Crippen LogP contribution >= 0.6 is 45.2 Å². The summed E-state index contributed by atoms with van der Waals surface area (Å²) in [6.45, 7) is 4.23. The van der Waals surface area contributed by atoms with Gasteiger partial charge in [0.2, 0.25) is 0 Å². The molecule has 0 spiro atoms. The van der Waals surface area contributed by atoms with Crippen molar-refractivity contribution >= 4 is 51.2 Å². The van der Waals surface area contributed by atoms with Crippen molar-refractivity contribution in [1.29, 1.82) is 0 Å². The molecule has 0 saturated heterocycles. The second-order valence-electron chi connectivity index (χ2n) is 6.63. The van der Waals surface area contributed by atoms with Gasteiger partial charge in [0, 0.05) is 5.56 Å². The molecule has 6 heteroatoms. The van der Waals surface area contributed by atoms with Crippen LogP contribution in [0.1, 0.15) is 35.7 Å². The zero-order valence-corrected chi connectivity index (χ0v) is 20.6. The van der Waals surface area contributed by atoms with E-state index in [0.29, 0.717) is 17.2 Å². The highest BCUT2D eigenvalue weighted by Crippen LogP contribution is 2.37. The van der Waals surface area contributed by atoms with Crippen molar-refractivity contribution in [2.75, 3.05) is 7.11 Å². The molecule has 0 bridgehead atoms. The fourth-order valence-corrected chi connectivity index (χ4v) is 4.71. The van der Waals surface area contributed by atoms with Crippen LogP contribution in [0.2, 0.25) is 0 Å². The Labute approximate surface area is 197 Å². The molecule has 0 heterocycles. The fraction of sp³-hybridized carbons (Fsp3) is 0.174. The van der Waals surface area contributed by atoms with Crippen molar-refractivity contribution in [2.24, 2.45) is 0 Å². The van der Waals surface area contributed by atoms with E-state index < -0.39 is 0 Å². The lowest BCUT2D eigenvalue weighted by atomic mass is 10.0. The van der Waals surface area contributed by atoms with Crippen LogP contribution in [0, 0.1) is 7.14 Å². The van der Waals surface area contributed by atoms with Gasteiger partial charge in [-0.25, -0.2) is 4.79 Å². The lowest BCUT2D eigenvalue weighted by Crippen LogP contribution is -2.08. The Bertz CT molecular complexity index is 994. The molecular weight excluding hydrogens is 594 g/mol. The van der Waals surface area contributed by atoms with Gasteiger partial charge in [-0.15, -0.1) is 0 Å². The van der Waals surface area contributed by atoms with Crippen molar-refractivity contribution in [2.45, 2.75) is 19.8 Å². The SMILES string of the molecule is COc1ccc(Oc2c(I)cc(OC(=O)c3ccccc3)cc2I)cc1C(C)C. The Balaban J connectivity index is 1.83. The number of methoxy groups -OCH3 is 1. The molecule has 0 aliphatic rings. The average Bonchev–Trinajstić information content (AvgIpc) is 2.71. The van der Waals surface area contributed by atoms with Crippen LogP contribution in [0.3, 0.4) is 0 Å². The molecule has 0 saturated carbocycles. The van der Waals surface area contributed by atoms with E-state index in [9.17, 15) is 4.79 Å². The largest absolute Gasteiger partial charge is 0.496 e. The minimum absolute atomic E-state index is 0.311. The van der Waals surface area contributed by atoms with Crippen LogP contribution in [-0.2, 0) is 0 Å². The zero-order chi connectivity index (χ0) is 21.0. The third kappa shape index (κ3) is 5.42. The first-order valence-electron chi connectivity index (χ1n) is 9.01. The molecule has 0 unspecified atom stereocenters. The molecule has 150 valence electrons. The van der Waals surface area contributed by atoms with Gasteiger partial charge in [-0.05, 0) is 93.6 Å². The molecule has 0 radical (unpaired) electrons. The van der Waals surface area contributed by atoms with E-state index in [-0.39, 0.29) is 5.97 Å². The number of carbonyl (C=O) groups is 1. The van der Waals surface area contributed by atoms with E-state index in [1.54, 1.807) is 43.5 Å². The molecule has 0 aliphatic heterocycles. The second-order valence-corrected chi connectivity index (χ2v) is 8.96. The van der Waals surface area contributed by atoms with E-state index in [2.05, 4.69) is 59.0 Å². The minimum Gasteiger partial charge on any atom is -0.496 e. The summed E-state index contributed by atoms with van der Waals surface area (Å²) in [6.07, 6.45) is 0. The van der Waals surface area contributed by atoms with E-state index in [1.807, 2.05) is 24.3 Å². The maximum Gasteiger partial charge on any atom is 0.343 e. The van der Waals surface area contributed by atoms with Gasteiger partial charge in [0.25, 0.3) is 0 Å². The van der Waals surface area contributed by atoms with Crippen molar-refractivity contribution in [3.63, 3.8) is 0 Å². The number of hydrogen-bond donors (Lipinski definition) is 0. The van der Waals surface area contributed by atoms with E-state index in [4.69, 9.17) is 14.2 Å². The topological polar surface area (TPSA) is 44.8 Å². The summed E-state index contributed by atoms with van der Waals surface area (Å²) in [5.41, 5.74) is 1.60. The number of hydrogen-bond acceptors (Lipinski definition) is 4. The normalized spacial score (nSPS) is 10.7. The molecule has 0 amide bonds. The van der Waals surface area contributed by atoms with Crippen molar-refractivity contribution in [1.82, 2.24) is 0 Å². The van der Waals surface area contributed by atoms with Crippen LogP contribution in [-0.4, -0.2) is 13.1 Å². The first-order chi connectivity index (χ1) is 13.9. The number of ether oxygens (including phenoxy) is 3. The monoisotopic (exact) mass is 614 g/mol. The van der Waals surface area contributed by atoms with Gasteiger partial charge in [-0.2, -0.15) is 0 Å². The van der Waals surface area contributed by atoms with Crippen LogP contribution in [0.5, 0.6) is 23.0 Å². The highest BCUT2D eigenvalue weighted by Gasteiger charge is 2.16. The Morgan fingerprint density at radius 3 is 2.14 bits per heavy atom. The molecule has 29 heavy (non-hydrogen) atoms. The smallest absolute Gasteiger partial charge is 0.343 e. The van der Waals surface area contributed by atoms with E-state index >= 15 is 0 Å². The summed E-state index contributed by atoms with van der Waals surface area (Å²) in [5.74, 6) is 2.72. The highest BCUT2D eigenvalue weighted by molar-refractivity contribution is 14.1. The highest BCUT2D eigenvalue weighted by atomic mass is 127. The van der Waals surface area contributed by atoms with Crippen LogP contribution in [0.25, 0.3) is 0 Å². The maximum absolute atomic E-state index is 12.3. The van der Waals surface area contributed by atoms with Gasteiger partial charge in [0.1, 0.15) is 17.2 Å². The van der Waals surface area contributed by atoms with Gasteiger partial charge in [-0.3, -0.25) is 0 Å². The number of benzene rings is 3. The van der Waals surface area contributed by atoms with Crippen molar-refractivity contribution in [3.8, 4) is 23.0 Å². The Morgan fingerprint density at radius 2 is 1.55 bits per heavy atom. The molecule has 3 aromatic rings. The first kappa shape index (κ1) is 21.9. The Hall–Kier alpha value is -1.81. The summed E-state index contributed by atoms with van der Waals surface area (Å²) in [7, 11) is 1.67. The predicted octanol–water partition coefficient (Wildman–Crippen LogP) is 7.04. The summed E-state index contributed by atoms with van der Waals surface area (Å²) in [5, 5.41) is 0. The van der Waals surface area contributed by atoms with Gasteiger partial charge < -0.3 is 14.2 Å². The molecule has 0 atom stereocenters. The average molecular weight is 614 g/mol. The van der Waals surface area contributed by atoms with Crippen LogP contribution < -0.4 is 14.2 Å². The van der Waals surface area contributed by atoms with E-state index in [1.165, 1.54) is 0 Å². The predicted molar refractivity (Wildman–Crippen MR) is 130 cm³/mol. The summed E-state index contributed by atoms with van der Waals surface area (Å²) < 4.78 is 18.8.